The molecule has 0 fully saturated rings. The molecule has 1 nitrogen and oxygen atoms in total. The van der Waals surface area contributed by atoms with Gasteiger partial charge in [-0.15, -0.1) is 0 Å². The molecule has 0 aromatic heterocycles. The number of rotatable bonds is 4. The summed E-state index contributed by atoms with van der Waals surface area (Å²) in [7, 11) is 0. The van der Waals surface area contributed by atoms with Crippen molar-refractivity contribution in [2.45, 2.75) is 53.4 Å². The molecule has 0 aliphatic heterocycles. The quantitative estimate of drug-likeness (QED) is 0.392. The van der Waals surface area contributed by atoms with Crippen molar-refractivity contribution in [3.63, 3.8) is 0 Å². The van der Waals surface area contributed by atoms with Gasteiger partial charge in [0.15, 0.2) is 0 Å². The van der Waals surface area contributed by atoms with Crippen molar-refractivity contribution in [3.8, 4) is 0 Å². The highest BCUT2D eigenvalue weighted by Crippen LogP contribution is 2.46. The molecule has 0 amide bonds. The maximum absolute atomic E-state index is 10.3. The summed E-state index contributed by atoms with van der Waals surface area (Å²) >= 11 is 0. The Kier molecular flexibility index (Phi) is 4.52. The summed E-state index contributed by atoms with van der Waals surface area (Å²) in [4.78, 5) is 10.3. The average Bonchev–Trinajstić information content (AvgIpc) is 2.24. The number of allylic oxidation sites excluding steroid dienone is 4. The fourth-order valence-corrected chi connectivity index (χ4v) is 2.89. The molecule has 0 bridgehead atoms. The maximum Gasteiger partial charge on any atom is 0.142 e. The summed E-state index contributed by atoms with van der Waals surface area (Å²) in [5.41, 5.74) is 3.57. The monoisotopic (exact) mass is 220 g/mol. The highest BCUT2D eigenvalue weighted by atomic mass is 16.1. The first-order valence-electron chi connectivity index (χ1n) is 6.31. The molecule has 0 radical (unpaired) electrons. The molecular weight excluding hydrogens is 196 g/mol. The van der Waals surface area contributed by atoms with Crippen molar-refractivity contribution >= 4 is 6.29 Å². The van der Waals surface area contributed by atoms with Crippen molar-refractivity contribution in [3.05, 3.63) is 23.3 Å². The van der Waals surface area contributed by atoms with Crippen LogP contribution in [0.25, 0.3) is 0 Å². The van der Waals surface area contributed by atoms with Gasteiger partial charge in [0, 0.05) is 0 Å². The molecule has 1 unspecified atom stereocenters. The van der Waals surface area contributed by atoms with E-state index in [9.17, 15) is 4.79 Å². The minimum atomic E-state index is 0.373. The van der Waals surface area contributed by atoms with Gasteiger partial charge in [0.25, 0.3) is 0 Å². The predicted molar refractivity (Wildman–Crippen MR) is 69.3 cm³/mol. The second kappa shape index (κ2) is 5.47. The van der Waals surface area contributed by atoms with Crippen LogP contribution in [0.5, 0.6) is 0 Å². The van der Waals surface area contributed by atoms with Gasteiger partial charge in [-0.3, -0.25) is 4.79 Å². The van der Waals surface area contributed by atoms with Crippen molar-refractivity contribution in [1.29, 1.82) is 0 Å². The van der Waals surface area contributed by atoms with Crippen molar-refractivity contribution in [1.82, 2.24) is 0 Å². The van der Waals surface area contributed by atoms with Gasteiger partial charge in [0.05, 0.1) is 0 Å². The molecule has 0 aromatic rings. The Hall–Kier alpha value is -0.850. The van der Waals surface area contributed by atoms with Crippen molar-refractivity contribution < 1.29 is 4.79 Å². The zero-order chi connectivity index (χ0) is 12.2. The third-order valence-electron chi connectivity index (χ3n) is 4.02. The standard InChI is InChI=1S/C15H24O/c1-5-13-12(2)9-10-15(3,4)14(13)8-6-7-11-16/h6-7,11,14H,5,8-10H2,1-4H3/b7-6+. The van der Waals surface area contributed by atoms with Crippen LogP contribution in [0.4, 0.5) is 0 Å². The zero-order valence-corrected chi connectivity index (χ0v) is 11.0. The molecular formula is C15H24O. The maximum atomic E-state index is 10.3. The lowest BCUT2D eigenvalue weighted by atomic mass is 9.64. The Morgan fingerprint density at radius 1 is 1.44 bits per heavy atom. The smallest absolute Gasteiger partial charge is 0.142 e. The van der Waals surface area contributed by atoms with E-state index in [0.29, 0.717) is 11.3 Å². The van der Waals surface area contributed by atoms with Crippen LogP contribution < -0.4 is 0 Å². The predicted octanol–water partition coefficient (Wildman–Crippen LogP) is 4.29. The Bertz CT molecular complexity index is 307. The van der Waals surface area contributed by atoms with Crippen LogP contribution in [0.3, 0.4) is 0 Å². The Balaban J connectivity index is 2.91. The largest absolute Gasteiger partial charge is 0.299 e. The molecule has 1 heteroatoms. The van der Waals surface area contributed by atoms with E-state index in [4.69, 9.17) is 0 Å². The van der Waals surface area contributed by atoms with Gasteiger partial charge in [-0.1, -0.05) is 38.0 Å². The van der Waals surface area contributed by atoms with E-state index in [2.05, 4.69) is 27.7 Å². The summed E-state index contributed by atoms with van der Waals surface area (Å²) < 4.78 is 0. The van der Waals surface area contributed by atoms with Crippen molar-refractivity contribution in [2.75, 3.05) is 0 Å². The second-order valence-corrected chi connectivity index (χ2v) is 5.50. The topological polar surface area (TPSA) is 17.1 Å². The molecule has 0 heterocycles. The zero-order valence-electron chi connectivity index (χ0n) is 11.0. The lowest BCUT2D eigenvalue weighted by molar-refractivity contribution is -0.104. The highest BCUT2D eigenvalue weighted by molar-refractivity contribution is 5.64. The lowest BCUT2D eigenvalue weighted by Crippen LogP contribution is -2.29. The molecule has 0 spiro atoms. The van der Waals surface area contributed by atoms with Gasteiger partial charge in [-0.2, -0.15) is 0 Å². The third kappa shape index (κ3) is 2.84. The molecule has 0 N–H and O–H groups in total. The first-order chi connectivity index (χ1) is 7.53. The molecule has 1 aliphatic rings. The van der Waals surface area contributed by atoms with Gasteiger partial charge in [-0.25, -0.2) is 0 Å². The van der Waals surface area contributed by atoms with E-state index < -0.39 is 0 Å². The van der Waals surface area contributed by atoms with Gasteiger partial charge >= 0.3 is 0 Å². The Labute approximate surface area is 99.6 Å². The normalized spacial score (nSPS) is 25.1. The van der Waals surface area contributed by atoms with Crippen LogP contribution >= 0.6 is 0 Å². The minimum Gasteiger partial charge on any atom is -0.299 e. The summed E-state index contributed by atoms with van der Waals surface area (Å²) in [6.45, 7) is 9.23. The Morgan fingerprint density at radius 2 is 2.12 bits per heavy atom. The summed E-state index contributed by atoms with van der Waals surface area (Å²) in [6.07, 6.45) is 9.19. The van der Waals surface area contributed by atoms with Crippen LogP contribution in [0.15, 0.2) is 23.3 Å². The van der Waals surface area contributed by atoms with E-state index in [1.807, 2.05) is 6.08 Å². The van der Waals surface area contributed by atoms with Crippen LogP contribution in [0.1, 0.15) is 53.4 Å². The van der Waals surface area contributed by atoms with E-state index >= 15 is 0 Å². The minimum absolute atomic E-state index is 0.373. The first-order valence-corrected chi connectivity index (χ1v) is 6.31. The molecule has 1 aliphatic carbocycles. The molecule has 0 saturated heterocycles. The van der Waals surface area contributed by atoms with Gasteiger partial charge in [-0.05, 0) is 50.0 Å². The summed E-state index contributed by atoms with van der Waals surface area (Å²) in [5, 5.41) is 0. The number of hydrogen-bond acceptors (Lipinski definition) is 1. The fourth-order valence-electron chi connectivity index (χ4n) is 2.89. The number of hydrogen-bond donors (Lipinski definition) is 0. The van der Waals surface area contributed by atoms with Crippen LogP contribution in [0.2, 0.25) is 0 Å². The average molecular weight is 220 g/mol. The van der Waals surface area contributed by atoms with Crippen molar-refractivity contribution in [2.24, 2.45) is 11.3 Å². The summed E-state index contributed by atoms with van der Waals surface area (Å²) in [5.74, 6) is 0.613. The molecule has 90 valence electrons. The number of carbonyl (C=O) groups excluding carboxylic acids is 1. The lowest BCUT2D eigenvalue weighted by Gasteiger charge is -2.41. The van der Waals surface area contributed by atoms with Crippen LogP contribution in [-0.4, -0.2) is 6.29 Å². The van der Waals surface area contributed by atoms with E-state index in [1.54, 1.807) is 17.2 Å². The van der Waals surface area contributed by atoms with E-state index in [0.717, 1.165) is 19.1 Å². The number of carbonyl (C=O) groups is 1. The summed E-state index contributed by atoms with van der Waals surface area (Å²) in [6, 6.07) is 0. The van der Waals surface area contributed by atoms with Gasteiger partial charge in [0.2, 0.25) is 0 Å². The van der Waals surface area contributed by atoms with Gasteiger partial charge < -0.3 is 0 Å². The molecule has 16 heavy (non-hydrogen) atoms. The first kappa shape index (κ1) is 13.2. The third-order valence-corrected chi connectivity index (χ3v) is 4.02. The number of aldehydes is 1. The molecule has 1 atom stereocenters. The SMILES string of the molecule is CCC1=C(C)CCC(C)(C)C1C/C=C/C=O. The second-order valence-electron chi connectivity index (χ2n) is 5.50. The van der Waals surface area contributed by atoms with E-state index in [-0.39, 0.29) is 0 Å². The van der Waals surface area contributed by atoms with E-state index in [1.165, 1.54) is 12.8 Å². The Morgan fingerprint density at radius 3 is 2.69 bits per heavy atom. The molecule has 0 saturated carbocycles. The van der Waals surface area contributed by atoms with Crippen LogP contribution in [-0.2, 0) is 4.79 Å². The van der Waals surface area contributed by atoms with Crippen LogP contribution in [0, 0.1) is 11.3 Å². The highest BCUT2D eigenvalue weighted by Gasteiger charge is 2.34. The molecule has 1 rings (SSSR count). The fraction of sp³-hybridized carbons (Fsp3) is 0.667. The van der Waals surface area contributed by atoms with Gasteiger partial charge in [0.1, 0.15) is 6.29 Å². The molecule has 0 aromatic carbocycles.